The Morgan fingerprint density at radius 3 is 2.48 bits per heavy atom. The van der Waals surface area contributed by atoms with Crippen LogP contribution in [-0.4, -0.2) is 28.6 Å². The van der Waals surface area contributed by atoms with Gasteiger partial charge >= 0.3 is 5.97 Å². The highest BCUT2D eigenvalue weighted by Crippen LogP contribution is 2.25. The maximum Gasteiger partial charge on any atom is 0.337 e. The summed E-state index contributed by atoms with van der Waals surface area (Å²) in [6, 6.07) is 5.61. The molecule has 0 saturated carbocycles. The van der Waals surface area contributed by atoms with Gasteiger partial charge in [-0.25, -0.2) is 9.18 Å². The summed E-state index contributed by atoms with van der Waals surface area (Å²) in [5.41, 5.74) is 4.74. The van der Waals surface area contributed by atoms with Crippen LogP contribution in [0.5, 0.6) is 11.5 Å². The summed E-state index contributed by atoms with van der Waals surface area (Å²) in [5, 5.41) is 18.4. The highest BCUT2D eigenvalue weighted by Gasteiger charge is 2.19. The largest absolute Gasteiger partial charge is 0.508 e. The Morgan fingerprint density at radius 1 is 1.22 bits per heavy atom. The molecule has 120 valence electrons. The first-order valence-electron chi connectivity index (χ1n) is 6.26. The zero-order valence-electron chi connectivity index (χ0n) is 11.5. The molecule has 0 fully saturated rings. The fourth-order valence-corrected chi connectivity index (χ4v) is 1.96. The number of hydrogen-bond acceptors (Lipinski definition) is 5. The molecule has 0 heterocycles. The normalized spacial score (nSPS) is 10.3. The topological polar surface area (TPSA) is 110 Å². The molecule has 0 bridgehead atoms. The van der Waals surface area contributed by atoms with Gasteiger partial charge in [-0.1, -0.05) is 11.6 Å². The number of benzene rings is 2. The summed E-state index contributed by atoms with van der Waals surface area (Å²) in [5.74, 6) is -3.11. The van der Waals surface area contributed by atoms with Crippen molar-refractivity contribution in [3.63, 3.8) is 0 Å². The minimum atomic E-state index is -1.38. The maximum atomic E-state index is 13.3. The monoisotopic (exact) mass is 339 g/mol. The smallest absolute Gasteiger partial charge is 0.337 e. The maximum absolute atomic E-state index is 13.3. The molecular formula is C15H11ClFNO5. The standard InChI is InChI=1S/C15H11ClFNO5/c16-11-2-1-8(5-12(11)17)23-6-13(20)9-3-7(19)4-10(14(9)18)15(21)22/h1-5,19H,6,18H2,(H,21,22). The number of aromatic carboxylic acids is 1. The van der Waals surface area contributed by atoms with Crippen LogP contribution >= 0.6 is 11.6 Å². The van der Waals surface area contributed by atoms with Gasteiger partial charge in [-0.3, -0.25) is 4.79 Å². The van der Waals surface area contributed by atoms with Crippen molar-refractivity contribution in [2.24, 2.45) is 0 Å². The van der Waals surface area contributed by atoms with Gasteiger partial charge in [-0.15, -0.1) is 0 Å². The number of hydrogen-bond donors (Lipinski definition) is 3. The fraction of sp³-hybridized carbons (Fsp3) is 0.0667. The quantitative estimate of drug-likeness (QED) is 0.439. The Labute approximate surface area is 134 Å². The van der Waals surface area contributed by atoms with Crippen LogP contribution in [0.2, 0.25) is 5.02 Å². The minimum absolute atomic E-state index is 0.0671. The van der Waals surface area contributed by atoms with E-state index in [2.05, 4.69) is 0 Å². The van der Waals surface area contributed by atoms with Gasteiger partial charge in [0, 0.05) is 11.6 Å². The summed E-state index contributed by atoms with van der Waals surface area (Å²) >= 11 is 5.53. The number of phenolic OH excluding ortho intramolecular Hbond substituents is 1. The van der Waals surface area contributed by atoms with Crippen molar-refractivity contribution in [3.05, 3.63) is 52.3 Å². The van der Waals surface area contributed by atoms with Crippen molar-refractivity contribution < 1.29 is 28.9 Å². The minimum Gasteiger partial charge on any atom is -0.508 e. The lowest BCUT2D eigenvalue weighted by molar-refractivity contribution is 0.0697. The molecule has 0 aliphatic carbocycles. The molecule has 0 aromatic heterocycles. The van der Waals surface area contributed by atoms with Gasteiger partial charge in [0.05, 0.1) is 16.3 Å². The van der Waals surface area contributed by atoms with E-state index in [4.69, 9.17) is 27.2 Å². The molecule has 0 saturated heterocycles. The molecule has 0 atom stereocenters. The Balaban J connectivity index is 2.21. The molecule has 2 aromatic rings. The molecule has 0 spiro atoms. The second-order valence-corrected chi connectivity index (χ2v) is 4.95. The van der Waals surface area contributed by atoms with Crippen molar-refractivity contribution in [1.82, 2.24) is 0 Å². The first-order chi connectivity index (χ1) is 10.8. The molecule has 6 nitrogen and oxygen atoms in total. The lowest BCUT2D eigenvalue weighted by Crippen LogP contribution is -2.15. The number of phenols is 1. The molecule has 0 aliphatic heterocycles. The summed E-state index contributed by atoms with van der Waals surface area (Å²) in [4.78, 5) is 23.1. The number of carboxylic acids is 1. The second-order valence-electron chi connectivity index (χ2n) is 4.55. The van der Waals surface area contributed by atoms with Gasteiger partial charge in [0.1, 0.15) is 17.3 Å². The van der Waals surface area contributed by atoms with E-state index in [0.29, 0.717) is 0 Å². The van der Waals surface area contributed by atoms with Crippen molar-refractivity contribution in [1.29, 1.82) is 0 Å². The van der Waals surface area contributed by atoms with Crippen LogP contribution in [0.1, 0.15) is 20.7 Å². The predicted molar refractivity (Wildman–Crippen MR) is 80.7 cm³/mol. The Morgan fingerprint density at radius 2 is 1.87 bits per heavy atom. The molecule has 0 radical (unpaired) electrons. The Kier molecular flexibility index (Phi) is 4.71. The Bertz CT molecular complexity index is 794. The first-order valence-corrected chi connectivity index (χ1v) is 6.64. The number of aromatic hydroxyl groups is 1. The summed E-state index contributed by atoms with van der Waals surface area (Å²) in [6.07, 6.45) is 0. The number of Topliss-reactive ketones (excluding diaryl/α,β-unsaturated/α-hetero) is 1. The van der Waals surface area contributed by atoms with Crippen LogP contribution in [0.3, 0.4) is 0 Å². The van der Waals surface area contributed by atoms with E-state index >= 15 is 0 Å². The molecular weight excluding hydrogens is 329 g/mol. The average Bonchev–Trinajstić information content (AvgIpc) is 2.49. The molecule has 0 aliphatic rings. The molecule has 23 heavy (non-hydrogen) atoms. The molecule has 2 aromatic carbocycles. The number of rotatable bonds is 5. The van der Waals surface area contributed by atoms with Crippen LogP contribution < -0.4 is 10.5 Å². The number of halogens is 2. The third-order valence-corrected chi connectivity index (χ3v) is 3.26. The zero-order valence-corrected chi connectivity index (χ0v) is 12.3. The van der Waals surface area contributed by atoms with Crippen LogP contribution in [0.25, 0.3) is 0 Å². The van der Waals surface area contributed by atoms with Crippen LogP contribution in [0.15, 0.2) is 30.3 Å². The van der Waals surface area contributed by atoms with Gasteiger partial charge < -0.3 is 20.7 Å². The average molecular weight is 340 g/mol. The number of nitrogen functional groups attached to an aromatic ring is 1. The highest BCUT2D eigenvalue weighted by molar-refractivity contribution is 6.30. The molecule has 0 unspecified atom stereocenters. The van der Waals surface area contributed by atoms with E-state index in [1.807, 2.05) is 0 Å². The van der Waals surface area contributed by atoms with E-state index in [9.17, 15) is 19.1 Å². The number of carboxylic acid groups (broad SMARTS) is 1. The van der Waals surface area contributed by atoms with E-state index in [-0.39, 0.29) is 22.0 Å². The summed E-state index contributed by atoms with van der Waals surface area (Å²) in [6.45, 7) is -0.520. The third kappa shape index (κ3) is 3.70. The molecule has 0 amide bonds. The number of carbonyl (C=O) groups excluding carboxylic acids is 1. The van der Waals surface area contributed by atoms with Crippen LogP contribution in [0, 0.1) is 5.82 Å². The van der Waals surface area contributed by atoms with Crippen molar-refractivity contribution in [2.45, 2.75) is 0 Å². The highest BCUT2D eigenvalue weighted by atomic mass is 35.5. The van der Waals surface area contributed by atoms with Gasteiger partial charge in [-0.2, -0.15) is 0 Å². The fourth-order valence-electron chi connectivity index (χ4n) is 1.84. The number of anilines is 1. The van der Waals surface area contributed by atoms with Crippen LogP contribution in [0.4, 0.5) is 10.1 Å². The number of nitrogens with two attached hydrogens (primary N) is 1. The first kappa shape index (κ1) is 16.6. The number of ketones is 1. The molecule has 4 N–H and O–H groups in total. The third-order valence-electron chi connectivity index (χ3n) is 2.96. The van der Waals surface area contributed by atoms with E-state index in [1.54, 1.807) is 0 Å². The van der Waals surface area contributed by atoms with Gasteiger partial charge in [0.25, 0.3) is 0 Å². The molecule has 8 heteroatoms. The zero-order chi connectivity index (χ0) is 17.1. The number of ether oxygens (including phenoxy) is 1. The van der Waals surface area contributed by atoms with Crippen molar-refractivity contribution in [2.75, 3.05) is 12.3 Å². The molecule has 2 rings (SSSR count). The van der Waals surface area contributed by atoms with E-state index < -0.39 is 35.5 Å². The Hall–Kier alpha value is -2.80. The van der Waals surface area contributed by atoms with Crippen molar-refractivity contribution >= 4 is 29.0 Å². The summed E-state index contributed by atoms with van der Waals surface area (Å²) in [7, 11) is 0. The second kappa shape index (κ2) is 6.53. The van der Waals surface area contributed by atoms with Crippen LogP contribution in [-0.2, 0) is 0 Å². The van der Waals surface area contributed by atoms with E-state index in [1.165, 1.54) is 12.1 Å². The van der Waals surface area contributed by atoms with Gasteiger partial charge in [-0.05, 0) is 24.3 Å². The summed E-state index contributed by atoms with van der Waals surface area (Å²) < 4.78 is 18.4. The lowest BCUT2D eigenvalue weighted by Gasteiger charge is -2.10. The number of carbonyl (C=O) groups is 2. The van der Waals surface area contributed by atoms with E-state index in [0.717, 1.165) is 18.2 Å². The van der Waals surface area contributed by atoms with Crippen molar-refractivity contribution in [3.8, 4) is 11.5 Å². The predicted octanol–water partition coefficient (Wildman–Crippen LogP) is 2.73. The SMILES string of the molecule is Nc1c(C(=O)O)cc(O)cc1C(=O)COc1ccc(Cl)c(F)c1. The van der Waals surface area contributed by atoms with Gasteiger partial charge in [0.2, 0.25) is 5.78 Å². The lowest BCUT2D eigenvalue weighted by atomic mass is 10.0. The van der Waals surface area contributed by atoms with Gasteiger partial charge in [0.15, 0.2) is 6.61 Å².